The molecular formula is C11H14ClI2N3. The van der Waals surface area contributed by atoms with Crippen LogP contribution in [0.2, 0.25) is 5.02 Å². The molecule has 1 N–H and O–H groups in total. The third-order valence-electron chi connectivity index (χ3n) is 2.51. The molecule has 0 aromatic heterocycles. The molecule has 0 amide bonds. The predicted molar refractivity (Wildman–Crippen MR) is 91.4 cm³/mol. The summed E-state index contributed by atoms with van der Waals surface area (Å²) in [6, 6.07) is 5.94. The lowest BCUT2D eigenvalue weighted by Gasteiger charge is -2.15. The van der Waals surface area contributed by atoms with Gasteiger partial charge >= 0.3 is 0 Å². The zero-order valence-electron chi connectivity index (χ0n) is 9.41. The predicted octanol–water partition coefficient (Wildman–Crippen LogP) is 2.95. The summed E-state index contributed by atoms with van der Waals surface area (Å²) < 4.78 is 1.18. The molecule has 0 bridgehead atoms. The van der Waals surface area contributed by atoms with E-state index in [1.807, 2.05) is 25.2 Å². The Kier molecular flexibility index (Phi) is 6.28. The van der Waals surface area contributed by atoms with E-state index in [0.717, 1.165) is 30.6 Å². The van der Waals surface area contributed by atoms with Crippen LogP contribution in [0.4, 0.5) is 0 Å². The van der Waals surface area contributed by atoms with Gasteiger partial charge in [0.25, 0.3) is 0 Å². The molecule has 0 atom stereocenters. The number of hydrogen-bond acceptors (Lipinski definition) is 3. The van der Waals surface area contributed by atoms with Gasteiger partial charge in [-0.15, -0.1) is 24.0 Å². The van der Waals surface area contributed by atoms with Gasteiger partial charge in [-0.1, -0.05) is 17.7 Å². The number of nitrogens with one attached hydrogen (secondary N) is 1. The first kappa shape index (κ1) is 15.3. The van der Waals surface area contributed by atoms with Crippen LogP contribution in [-0.4, -0.2) is 31.0 Å². The van der Waals surface area contributed by atoms with Crippen LogP contribution in [0, 0.1) is 3.57 Å². The molecule has 2 rings (SSSR count). The minimum atomic E-state index is 0. The molecule has 0 saturated carbocycles. The van der Waals surface area contributed by atoms with Crippen LogP contribution in [0.5, 0.6) is 0 Å². The zero-order valence-corrected chi connectivity index (χ0v) is 14.7. The molecule has 1 heterocycles. The molecule has 0 aliphatic carbocycles. The van der Waals surface area contributed by atoms with Crippen LogP contribution in [0.25, 0.3) is 0 Å². The number of benzene rings is 1. The third-order valence-corrected chi connectivity index (χ3v) is 3.75. The average Bonchev–Trinajstić information content (AvgIpc) is 2.63. The van der Waals surface area contributed by atoms with E-state index >= 15 is 0 Å². The highest BCUT2D eigenvalue weighted by molar-refractivity contribution is 14.1. The number of guanidine groups is 1. The Labute approximate surface area is 137 Å². The highest BCUT2D eigenvalue weighted by atomic mass is 127. The van der Waals surface area contributed by atoms with E-state index in [1.54, 1.807) is 0 Å². The lowest BCUT2D eigenvalue weighted by Crippen LogP contribution is -2.35. The highest BCUT2D eigenvalue weighted by Gasteiger charge is 2.11. The molecular weight excluding hydrogens is 463 g/mol. The van der Waals surface area contributed by atoms with Crippen molar-refractivity contribution in [3.63, 3.8) is 0 Å². The Hall–Kier alpha value is 0.240. The van der Waals surface area contributed by atoms with Crippen LogP contribution in [0.15, 0.2) is 23.2 Å². The molecule has 1 aromatic carbocycles. The van der Waals surface area contributed by atoms with Crippen molar-refractivity contribution in [1.82, 2.24) is 10.2 Å². The average molecular weight is 478 g/mol. The molecule has 3 nitrogen and oxygen atoms in total. The molecule has 0 spiro atoms. The molecule has 1 aliphatic rings. The zero-order chi connectivity index (χ0) is 11.5. The molecule has 17 heavy (non-hydrogen) atoms. The quantitative estimate of drug-likeness (QED) is 0.664. The molecule has 1 aliphatic heterocycles. The molecule has 94 valence electrons. The summed E-state index contributed by atoms with van der Waals surface area (Å²) in [7, 11) is 2.05. The standard InChI is InChI=1S/C11H13ClIN3.HI/c1-16-5-4-14-11(16)15-7-8-2-3-9(12)6-10(8)13;/h2-3,6H,4-5,7H2,1H3,(H,14,15);1H. The summed E-state index contributed by atoms with van der Waals surface area (Å²) in [5.41, 5.74) is 1.24. The van der Waals surface area contributed by atoms with E-state index in [-0.39, 0.29) is 24.0 Å². The van der Waals surface area contributed by atoms with Crippen LogP contribution in [0.1, 0.15) is 5.56 Å². The number of aliphatic imine (C=N–C) groups is 1. The van der Waals surface area contributed by atoms with Crippen LogP contribution in [-0.2, 0) is 6.54 Å². The van der Waals surface area contributed by atoms with Gasteiger partial charge in [0.15, 0.2) is 5.96 Å². The van der Waals surface area contributed by atoms with E-state index in [4.69, 9.17) is 11.6 Å². The van der Waals surface area contributed by atoms with Crippen molar-refractivity contribution in [2.45, 2.75) is 6.54 Å². The molecule has 0 fully saturated rings. The van der Waals surface area contributed by atoms with Gasteiger partial charge < -0.3 is 10.2 Å². The van der Waals surface area contributed by atoms with Crippen LogP contribution < -0.4 is 5.32 Å². The summed E-state index contributed by atoms with van der Waals surface area (Å²) in [6.07, 6.45) is 0. The second kappa shape index (κ2) is 6.98. The summed E-state index contributed by atoms with van der Waals surface area (Å²) in [5, 5.41) is 4.12. The molecule has 6 heteroatoms. The largest absolute Gasteiger partial charge is 0.352 e. The molecule has 1 aromatic rings. The van der Waals surface area contributed by atoms with Crippen molar-refractivity contribution >= 4 is 64.1 Å². The second-order valence-corrected chi connectivity index (χ2v) is 5.31. The summed E-state index contributed by atoms with van der Waals surface area (Å²) in [4.78, 5) is 6.51. The Balaban J connectivity index is 0.00000144. The van der Waals surface area contributed by atoms with Crippen molar-refractivity contribution in [3.05, 3.63) is 32.4 Å². The van der Waals surface area contributed by atoms with E-state index in [1.165, 1.54) is 9.13 Å². The minimum Gasteiger partial charge on any atom is -0.352 e. The van der Waals surface area contributed by atoms with Crippen LogP contribution in [0.3, 0.4) is 0 Å². The topological polar surface area (TPSA) is 27.6 Å². The van der Waals surface area contributed by atoms with Gasteiger partial charge in [0, 0.05) is 28.7 Å². The minimum absolute atomic E-state index is 0. The van der Waals surface area contributed by atoms with E-state index < -0.39 is 0 Å². The number of rotatable bonds is 2. The van der Waals surface area contributed by atoms with E-state index in [9.17, 15) is 0 Å². The second-order valence-electron chi connectivity index (χ2n) is 3.72. The number of likely N-dealkylation sites (N-methyl/N-ethyl adjacent to an activating group) is 1. The number of halogens is 3. The lowest BCUT2D eigenvalue weighted by atomic mass is 10.2. The fourth-order valence-electron chi connectivity index (χ4n) is 1.56. The highest BCUT2D eigenvalue weighted by Crippen LogP contribution is 2.17. The van der Waals surface area contributed by atoms with Gasteiger partial charge in [-0.2, -0.15) is 0 Å². The van der Waals surface area contributed by atoms with E-state index in [0.29, 0.717) is 0 Å². The van der Waals surface area contributed by atoms with Gasteiger partial charge in [-0.25, -0.2) is 0 Å². The summed E-state index contributed by atoms with van der Waals surface area (Å²) in [5.74, 6) is 0.978. The van der Waals surface area contributed by atoms with Crippen molar-refractivity contribution < 1.29 is 0 Å². The first-order valence-corrected chi connectivity index (χ1v) is 6.56. The Bertz CT molecular complexity index is 423. The summed E-state index contributed by atoms with van der Waals surface area (Å²) >= 11 is 8.21. The van der Waals surface area contributed by atoms with Crippen molar-refractivity contribution in [1.29, 1.82) is 0 Å². The molecule has 0 radical (unpaired) electrons. The monoisotopic (exact) mass is 477 g/mol. The lowest BCUT2D eigenvalue weighted by molar-refractivity contribution is 0.534. The maximum absolute atomic E-state index is 5.91. The fraction of sp³-hybridized carbons (Fsp3) is 0.364. The normalized spacial score (nSPS) is 14.3. The van der Waals surface area contributed by atoms with Gasteiger partial charge in [-0.05, 0) is 40.3 Å². The molecule has 0 unspecified atom stereocenters. The number of hydrogen-bond donors (Lipinski definition) is 1. The Morgan fingerprint density at radius 2 is 2.29 bits per heavy atom. The Morgan fingerprint density at radius 3 is 2.88 bits per heavy atom. The van der Waals surface area contributed by atoms with Gasteiger partial charge in [0.2, 0.25) is 0 Å². The molecule has 0 saturated heterocycles. The maximum atomic E-state index is 5.91. The SMILES string of the molecule is CN1CCN=C1NCc1ccc(Cl)cc1I.I. The smallest absolute Gasteiger partial charge is 0.194 e. The Morgan fingerprint density at radius 1 is 1.53 bits per heavy atom. The first-order chi connectivity index (χ1) is 7.66. The van der Waals surface area contributed by atoms with Gasteiger partial charge in [0.1, 0.15) is 0 Å². The third kappa shape index (κ3) is 4.13. The van der Waals surface area contributed by atoms with Crippen LogP contribution >= 0.6 is 58.2 Å². The van der Waals surface area contributed by atoms with Crippen molar-refractivity contribution in [2.75, 3.05) is 20.1 Å². The van der Waals surface area contributed by atoms with E-state index in [2.05, 4.69) is 37.8 Å². The maximum Gasteiger partial charge on any atom is 0.194 e. The van der Waals surface area contributed by atoms with Crippen molar-refractivity contribution in [3.8, 4) is 0 Å². The van der Waals surface area contributed by atoms with Gasteiger partial charge in [-0.3, -0.25) is 4.99 Å². The first-order valence-electron chi connectivity index (χ1n) is 5.10. The fourth-order valence-corrected chi connectivity index (χ4v) is 2.62. The van der Waals surface area contributed by atoms with Crippen molar-refractivity contribution in [2.24, 2.45) is 4.99 Å². The summed E-state index contributed by atoms with van der Waals surface area (Å²) in [6.45, 7) is 2.68. The number of nitrogens with zero attached hydrogens (tertiary/aromatic N) is 2. The van der Waals surface area contributed by atoms with Gasteiger partial charge in [0.05, 0.1) is 6.54 Å².